The molecule has 0 saturated heterocycles. The molecule has 5 nitrogen and oxygen atoms in total. The number of fused-ring (bicyclic) bond motifs is 1. The second-order valence-electron chi connectivity index (χ2n) is 8.32. The Bertz CT molecular complexity index is 1020. The van der Waals surface area contributed by atoms with Gasteiger partial charge in [-0.3, -0.25) is 9.59 Å². The van der Waals surface area contributed by atoms with Crippen molar-refractivity contribution in [3.8, 4) is 11.5 Å². The molecule has 3 rings (SSSR count). The summed E-state index contributed by atoms with van der Waals surface area (Å²) in [5, 5.41) is 10.7. The molecule has 2 aliphatic rings. The van der Waals surface area contributed by atoms with Crippen LogP contribution in [0, 0.1) is 5.41 Å². The third kappa shape index (κ3) is 4.88. The molecule has 1 N–H and O–H groups in total. The van der Waals surface area contributed by atoms with E-state index in [0.29, 0.717) is 24.3 Å². The number of Topliss-reactive ketones (excluding diaryl/α,β-unsaturated/α-hetero) is 1. The van der Waals surface area contributed by atoms with Crippen LogP contribution in [0.2, 0.25) is 0 Å². The molecule has 1 aromatic carbocycles. The quantitative estimate of drug-likeness (QED) is 0.279. The maximum absolute atomic E-state index is 13.5. The summed E-state index contributed by atoms with van der Waals surface area (Å²) in [6.07, 6.45) is 10.4. The van der Waals surface area contributed by atoms with Gasteiger partial charge < -0.3 is 14.6 Å². The van der Waals surface area contributed by atoms with Gasteiger partial charge in [-0.05, 0) is 76.5 Å². The molecule has 0 spiro atoms. The number of benzene rings is 1. The SMILES string of the molecule is CC(C)=CCC1(CC=C(C)C)C(=O)C=CC(=C(O)C=Cc2ccc3c(c2)OCO3)C1=O. The lowest BCUT2D eigenvalue weighted by atomic mass is 9.68. The zero-order valence-corrected chi connectivity index (χ0v) is 18.4. The molecule has 31 heavy (non-hydrogen) atoms. The number of ether oxygens (including phenoxy) is 2. The number of rotatable bonds is 6. The summed E-state index contributed by atoms with van der Waals surface area (Å²) in [5.41, 5.74) is 1.76. The van der Waals surface area contributed by atoms with Crippen LogP contribution in [0.15, 0.2) is 71.1 Å². The Morgan fingerprint density at radius 3 is 2.29 bits per heavy atom. The molecule has 162 valence electrons. The Morgan fingerprint density at radius 1 is 1.00 bits per heavy atom. The van der Waals surface area contributed by atoms with Crippen molar-refractivity contribution in [3.05, 3.63) is 76.6 Å². The van der Waals surface area contributed by atoms with Gasteiger partial charge in [0.25, 0.3) is 0 Å². The topological polar surface area (TPSA) is 72.8 Å². The third-order valence-corrected chi connectivity index (χ3v) is 5.38. The van der Waals surface area contributed by atoms with E-state index in [1.54, 1.807) is 18.2 Å². The molecule has 0 aromatic heterocycles. The highest BCUT2D eigenvalue weighted by molar-refractivity contribution is 6.22. The standard InChI is InChI=1S/C26H28O5/c1-17(2)11-13-26(14-12-18(3)4)24(28)10-7-20(25(26)29)21(27)8-5-19-6-9-22-23(15-19)31-16-30-22/h5-12,15,27H,13-14,16H2,1-4H3. The fraction of sp³-hybridized carbons (Fsp3) is 0.308. The minimum Gasteiger partial charge on any atom is -0.507 e. The molecule has 5 heteroatoms. The average molecular weight is 421 g/mol. The second-order valence-corrected chi connectivity index (χ2v) is 8.32. The number of carbonyl (C=O) groups is 2. The predicted molar refractivity (Wildman–Crippen MR) is 121 cm³/mol. The van der Waals surface area contributed by atoms with Crippen LogP contribution in [0.1, 0.15) is 46.1 Å². The highest BCUT2D eigenvalue weighted by Gasteiger charge is 2.46. The van der Waals surface area contributed by atoms with Gasteiger partial charge >= 0.3 is 0 Å². The van der Waals surface area contributed by atoms with Crippen molar-refractivity contribution in [2.75, 3.05) is 6.79 Å². The first-order valence-corrected chi connectivity index (χ1v) is 10.3. The van der Waals surface area contributed by atoms with Crippen LogP contribution in [-0.4, -0.2) is 23.5 Å². The van der Waals surface area contributed by atoms with E-state index < -0.39 is 5.41 Å². The molecule has 0 atom stereocenters. The smallest absolute Gasteiger partial charge is 0.231 e. The van der Waals surface area contributed by atoms with Gasteiger partial charge in [0.05, 0.1) is 5.57 Å². The number of aliphatic hydroxyl groups is 1. The van der Waals surface area contributed by atoms with Crippen molar-refractivity contribution >= 4 is 17.6 Å². The van der Waals surface area contributed by atoms with Gasteiger partial charge in [0.1, 0.15) is 11.2 Å². The first-order valence-electron chi connectivity index (χ1n) is 10.3. The van der Waals surface area contributed by atoms with Gasteiger partial charge in [0, 0.05) is 0 Å². The highest BCUT2D eigenvalue weighted by Crippen LogP contribution is 2.39. The molecule has 1 heterocycles. The van der Waals surface area contributed by atoms with Crippen molar-refractivity contribution < 1.29 is 24.2 Å². The lowest BCUT2D eigenvalue weighted by molar-refractivity contribution is -0.136. The molecular weight excluding hydrogens is 392 g/mol. The number of aliphatic hydroxyl groups excluding tert-OH is 1. The number of hydrogen-bond acceptors (Lipinski definition) is 5. The molecule has 1 aliphatic carbocycles. The van der Waals surface area contributed by atoms with E-state index in [1.807, 2.05) is 45.9 Å². The fourth-order valence-electron chi connectivity index (χ4n) is 3.47. The Labute approximate surface area is 183 Å². The van der Waals surface area contributed by atoms with E-state index in [0.717, 1.165) is 16.7 Å². The van der Waals surface area contributed by atoms with Gasteiger partial charge in [-0.25, -0.2) is 0 Å². The average Bonchev–Trinajstić information content (AvgIpc) is 3.19. The van der Waals surface area contributed by atoms with Crippen molar-refractivity contribution in [3.63, 3.8) is 0 Å². The number of allylic oxidation sites excluding steroid dienone is 8. The van der Waals surface area contributed by atoms with Crippen molar-refractivity contribution in [1.82, 2.24) is 0 Å². The van der Waals surface area contributed by atoms with E-state index in [2.05, 4.69) is 0 Å². The van der Waals surface area contributed by atoms with Gasteiger partial charge in [-0.2, -0.15) is 0 Å². The monoisotopic (exact) mass is 420 g/mol. The summed E-state index contributed by atoms with van der Waals surface area (Å²) in [4.78, 5) is 26.4. The zero-order chi connectivity index (χ0) is 22.6. The van der Waals surface area contributed by atoms with E-state index >= 15 is 0 Å². The second kappa shape index (κ2) is 9.21. The molecule has 0 bridgehead atoms. The molecule has 0 fully saturated rings. The van der Waals surface area contributed by atoms with Gasteiger partial charge in [-0.15, -0.1) is 0 Å². The summed E-state index contributed by atoms with van der Waals surface area (Å²) < 4.78 is 10.7. The molecule has 1 aromatic rings. The summed E-state index contributed by atoms with van der Waals surface area (Å²) in [7, 11) is 0. The van der Waals surface area contributed by atoms with E-state index in [-0.39, 0.29) is 29.7 Å². The third-order valence-electron chi connectivity index (χ3n) is 5.38. The van der Waals surface area contributed by atoms with Crippen LogP contribution in [-0.2, 0) is 9.59 Å². The fourth-order valence-corrected chi connectivity index (χ4v) is 3.47. The summed E-state index contributed by atoms with van der Waals surface area (Å²) in [6.45, 7) is 7.93. The van der Waals surface area contributed by atoms with Crippen LogP contribution in [0.25, 0.3) is 6.08 Å². The summed E-state index contributed by atoms with van der Waals surface area (Å²) >= 11 is 0. The van der Waals surface area contributed by atoms with E-state index in [1.165, 1.54) is 18.2 Å². The number of ketones is 2. The van der Waals surface area contributed by atoms with Gasteiger partial charge in [0.2, 0.25) is 6.79 Å². The van der Waals surface area contributed by atoms with Crippen LogP contribution in [0.3, 0.4) is 0 Å². The first-order chi connectivity index (χ1) is 14.7. The Balaban J connectivity index is 1.96. The van der Waals surface area contributed by atoms with Crippen LogP contribution < -0.4 is 9.47 Å². The maximum Gasteiger partial charge on any atom is 0.231 e. The van der Waals surface area contributed by atoms with Crippen LogP contribution in [0.5, 0.6) is 11.5 Å². The molecule has 0 unspecified atom stereocenters. The number of hydrogen-bond donors (Lipinski definition) is 1. The molecule has 1 aliphatic heterocycles. The predicted octanol–water partition coefficient (Wildman–Crippen LogP) is 5.65. The van der Waals surface area contributed by atoms with Gasteiger partial charge in [0.15, 0.2) is 23.1 Å². The van der Waals surface area contributed by atoms with Crippen LogP contribution in [0.4, 0.5) is 0 Å². The normalized spacial score (nSPS) is 18.3. The van der Waals surface area contributed by atoms with Crippen molar-refractivity contribution in [2.24, 2.45) is 5.41 Å². The molecular formula is C26H28O5. The van der Waals surface area contributed by atoms with Crippen molar-refractivity contribution in [1.29, 1.82) is 0 Å². The van der Waals surface area contributed by atoms with Gasteiger partial charge in [-0.1, -0.05) is 35.4 Å². The molecule has 0 amide bonds. The first kappa shape index (κ1) is 22.3. The van der Waals surface area contributed by atoms with E-state index in [9.17, 15) is 14.7 Å². The summed E-state index contributed by atoms with van der Waals surface area (Å²) in [6, 6.07) is 5.42. The molecule has 0 radical (unpaired) electrons. The Hall–Kier alpha value is -3.34. The lowest BCUT2D eigenvalue weighted by Crippen LogP contribution is -2.41. The number of carbonyl (C=O) groups excluding carboxylic acids is 2. The maximum atomic E-state index is 13.5. The Morgan fingerprint density at radius 2 is 1.65 bits per heavy atom. The lowest BCUT2D eigenvalue weighted by Gasteiger charge is -2.31. The Kier molecular flexibility index (Phi) is 6.64. The van der Waals surface area contributed by atoms with E-state index in [4.69, 9.17) is 9.47 Å². The van der Waals surface area contributed by atoms with Crippen molar-refractivity contribution in [2.45, 2.75) is 40.5 Å². The largest absolute Gasteiger partial charge is 0.507 e. The zero-order valence-electron chi connectivity index (χ0n) is 18.4. The highest BCUT2D eigenvalue weighted by atomic mass is 16.7. The molecule has 0 saturated carbocycles. The minimum atomic E-state index is -1.24. The summed E-state index contributed by atoms with van der Waals surface area (Å²) in [5.74, 6) is 0.541. The van der Waals surface area contributed by atoms with Crippen LogP contribution >= 0.6 is 0 Å². The minimum absolute atomic E-state index is 0.140.